The fraction of sp³-hybridized carbons (Fsp3) is 0.429. The van der Waals surface area contributed by atoms with E-state index < -0.39 is 6.09 Å². The molecule has 0 spiro atoms. The first-order valence-electron chi connectivity index (χ1n) is 9.87. The highest BCUT2D eigenvalue weighted by Crippen LogP contribution is 2.33. The number of piperidine rings is 1. The van der Waals surface area contributed by atoms with Gasteiger partial charge in [0, 0.05) is 56.2 Å². The number of aryl methyl sites for hydroxylation is 1. The number of aromatic nitrogens is 2. The zero-order chi connectivity index (χ0) is 20.5. The molecule has 2 aliphatic rings. The van der Waals surface area contributed by atoms with Gasteiger partial charge in [-0.2, -0.15) is 0 Å². The lowest BCUT2D eigenvalue weighted by Gasteiger charge is -2.38. The minimum absolute atomic E-state index is 0.0409. The van der Waals surface area contributed by atoms with E-state index in [2.05, 4.69) is 4.98 Å². The second-order valence-electron chi connectivity index (χ2n) is 7.74. The molecule has 0 atom stereocenters. The van der Waals surface area contributed by atoms with Crippen molar-refractivity contribution in [1.29, 1.82) is 0 Å². The molecule has 8 nitrogen and oxygen atoms in total. The van der Waals surface area contributed by atoms with Crippen LogP contribution in [0.2, 0.25) is 0 Å². The zero-order valence-electron chi connectivity index (χ0n) is 16.3. The molecule has 8 heteroatoms. The van der Waals surface area contributed by atoms with Crippen LogP contribution in [0.3, 0.4) is 0 Å². The lowest BCUT2D eigenvalue weighted by atomic mass is 10.0. The molecule has 2 aromatic rings. The summed E-state index contributed by atoms with van der Waals surface area (Å²) < 4.78 is 1.49. The Bertz CT molecular complexity index is 973. The second kappa shape index (κ2) is 7.69. The Morgan fingerprint density at radius 2 is 1.76 bits per heavy atom. The SMILES string of the molecule is Cn1cc(-c2ccc(C(=O)N(C3CC3)C3CCN(C(=O)O)CC3)cn2)ccc1=O. The summed E-state index contributed by atoms with van der Waals surface area (Å²) >= 11 is 0. The maximum absolute atomic E-state index is 13.2. The van der Waals surface area contributed by atoms with Crippen molar-refractivity contribution < 1.29 is 14.7 Å². The number of pyridine rings is 2. The highest BCUT2D eigenvalue weighted by Gasteiger charge is 2.39. The van der Waals surface area contributed by atoms with Gasteiger partial charge in [0.25, 0.3) is 5.91 Å². The van der Waals surface area contributed by atoms with Crippen LogP contribution in [0.5, 0.6) is 0 Å². The highest BCUT2D eigenvalue weighted by atomic mass is 16.4. The number of amides is 2. The molecule has 0 aromatic carbocycles. The largest absolute Gasteiger partial charge is 0.465 e. The molecule has 1 saturated heterocycles. The summed E-state index contributed by atoms with van der Waals surface area (Å²) in [6.07, 6.45) is 5.73. The molecule has 2 fully saturated rings. The van der Waals surface area contributed by atoms with Crippen LogP contribution >= 0.6 is 0 Å². The predicted molar refractivity (Wildman–Crippen MR) is 107 cm³/mol. The first-order valence-corrected chi connectivity index (χ1v) is 9.87. The number of carbonyl (C=O) groups is 2. The topological polar surface area (TPSA) is 95.7 Å². The summed E-state index contributed by atoms with van der Waals surface area (Å²) in [4.78, 5) is 43.7. The quantitative estimate of drug-likeness (QED) is 0.855. The van der Waals surface area contributed by atoms with E-state index in [1.807, 2.05) is 4.90 Å². The summed E-state index contributed by atoms with van der Waals surface area (Å²) in [6, 6.07) is 7.09. The maximum Gasteiger partial charge on any atom is 0.407 e. The van der Waals surface area contributed by atoms with E-state index in [-0.39, 0.29) is 23.6 Å². The summed E-state index contributed by atoms with van der Waals surface area (Å²) in [7, 11) is 1.69. The molecule has 0 radical (unpaired) electrons. The van der Waals surface area contributed by atoms with Gasteiger partial charge in [-0.05, 0) is 43.9 Å². The highest BCUT2D eigenvalue weighted by molar-refractivity contribution is 5.94. The molecule has 2 amide bonds. The summed E-state index contributed by atoms with van der Waals surface area (Å²) in [6.45, 7) is 0.917. The molecule has 29 heavy (non-hydrogen) atoms. The van der Waals surface area contributed by atoms with Crippen LogP contribution in [-0.2, 0) is 7.05 Å². The molecular weight excluding hydrogens is 372 g/mol. The van der Waals surface area contributed by atoms with Crippen LogP contribution in [-0.4, -0.2) is 61.6 Å². The van der Waals surface area contributed by atoms with Crippen molar-refractivity contribution >= 4 is 12.0 Å². The number of hydrogen-bond donors (Lipinski definition) is 1. The number of rotatable bonds is 4. The fourth-order valence-corrected chi connectivity index (χ4v) is 3.90. The van der Waals surface area contributed by atoms with E-state index in [4.69, 9.17) is 5.11 Å². The van der Waals surface area contributed by atoms with Gasteiger partial charge in [0.05, 0.1) is 11.3 Å². The fourth-order valence-electron chi connectivity index (χ4n) is 3.90. The van der Waals surface area contributed by atoms with Gasteiger partial charge in [-0.3, -0.25) is 14.6 Å². The standard InChI is InChI=1S/C21H24N4O4/c1-23-13-15(3-7-19(23)26)18-6-2-14(12-22-18)20(27)25(16-4-5-16)17-8-10-24(11-9-17)21(28)29/h2-3,6-7,12-13,16-17H,4-5,8-11H2,1H3,(H,28,29). The zero-order valence-corrected chi connectivity index (χ0v) is 16.3. The molecule has 1 aliphatic carbocycles. The van der Waals surface area contributed by atoms with Crippen molar-refractivity contribution in [1.82, 2.24) is 19.4 Å². The number of nitrogens with zero attached hydrogens (tertiary/aromatic N) is 4. The maximum atomic E-state index is 13.2. The molecule has 1 aliphatic heterocycles. The average molecular weight is 396 g/mol. The van der Waals surface area contributed by atoms with Gasteiger partial charge in [0.2, 0.25) is 5.56 Å². The van der Waals surface area contributed by atoms with Crippen molar-refractivity contribution in [2.45, 2.75) is 37.8 Å². The van der Waals surface area contributed by atoms with Crippen molar-refractivity contribution in [3.8, 4) is 11.3 Å². The number of likely N-dealkylation sites (tertiary alicyclic amines) is 1. The van der Waals surface area contributed by atoms with Gasteiger partial charge in [0.15, 0.2) is 0 Å². The summed E-state index contributed by atoms with van der Waals surface area (Å²) in [5.41, 5.74) is 1.96. The molecule has 0 bridgehead atoms. The monoisotopic (exact) mass is 396 g/mol. The minimum atomic E-state index is -0.897. The first kappa shape index (κ1) is 19.2. The van der Waals surface area contributed by atoms with E-state index in [9.17, 15) is 14.4 Å². The van der Waals surface area contributed by atoms with Crippen LogP contribution in [0.25, 0.3) is 11.3 Å². The summed E-state index contributed by atoms with van der Waals surface area (Å²) in [5, 5.41) is 9.14. The van der Waals surface area contributed by atoms with Crippen LogP contribution < -0.4 is 5.56 Å². The van der Waals surface area contributed by atoms with Gasteiger partial charge >= 0.3 is 6.09 Å². The number of carboxylic acid groups (broad SMARTS) is 1. The van der Waals surface area contributed by atoms with Gasteiger partial charge in [-0.1, -0.05) is 0 Å². The molecule has 1 saturated carbocycles. The molecule has 4 rings (SSSR count). The lowest BCUT2D eigenvalue weighted by molar-refractivity contribution is 0.0551. The Kier molecular flexibility index (Phi) is 5.08. The molecular formula is C21H24N4O4. The van der Waals surface area contributed by atoms with E-state index in [0.29, 0.717) is 37.2 Å². The Morgan fingerprint density at radius 3 is 2.31 bits per heavy atom. The van der Waals surface area contributed by atoms with Crippen molar-refractivity contribution in [2.24, 2.45) is 7.05 Å². The molecule has 3 heterocycles. The van der Waals surface area contributed by atoms with Crippen LogP contribution in [0.15, 0.2) is 41.5 Å². The molecule has 152 valence electrons. The van der Waals surface area contributed by atoms with E-state index in [0.717, 1.165) is 18.4 Å². The number of carbonyl (C=O) groups excluding carboxylic acids is 1. The lowest BCUT2D eigenvalue weighted by Crippen LogP contribution is -2.49. The second-order valence-corrected chi connectivity index (χ2v) is 7.74. The molecule has 2 aromatic heterocycles. The third-order valence-electron chi connectivity index (χ3n) is 5.70. The number of hydrogen-bond acceptors (Lipinski definition) is 4. The first-order chi connectivity index (χ1) is 13.9. The Hall–Kier alpha value is -3.16. The van der Waals surface area contributed by atoms with Gasteiger partial charge in [0.1, 0.15) is 0 Å². The van der Waals surface area contributed by atoms with Crippen molar-refractivity contribution in [3.05, 3.63) is 52.6 Å². The normalized spacial score (nSPS) is 17.2. The Balaban J connectivity index is 1.50. The van der Waals surface area contributed by atoms with Crippen molar-refractivity contribution in [3.63, 3.8) is 0 Å². The van der Waals surface area contributed by atoms with Crippen LogP contribution in [0.1, 0.15) is 36.0 Å². The van der Waals surface area contributed by atoms with E-state index in [1.54, 1.807) is 37.6 Å². The van der Waals surface area contributed by atoms with Gasteiger partial charge < -0.3 is 19.5 Å². The third kappa shape index (κ3) is 4.01. The Morgan fingerprint density at radius 1 is 1.07 bits per heavy atom. The van der Waals surface area contributed by atoms with Gasteiger partial charge in [-0.25, -0.2) is 4.79 Å². The molecule has 1 N–H and O–H groups in total. The minimum Gasteiger partial charge on any atom is -0.465 e. The average Bonchev–Trinajstić information content (AvgIpc) is 3.56. The van der Waals surface area contributed by atoms with Crippen LogP contribution in [0.4, 0.5) is 4.79 Å². The predicted octanol–water partition coefficient (Wildman–Crippen LogP) is 2.19. The van der Waals surface area contributed by atoms with E-state index in [1.165, 1.54) is 15.5 Å². The Labute approximate surface area is 168 Å². The smallest absolute Gasteiger partial charge is 0.407 e. The third-order valence-corrected chi connectivity index (χ3v) is 5.70. The summed E-state index contributed by atoms with van der Waals surface area (Å²) in [5.74, 6) is -0.0409. The van der Waals surface area contributed by atoms with Crippen LogP contribution in [0, 0.1) is 0 Å². The van der Waals surface area contributed by atoms with Crippen molar-refractivity contribution in [2.75, 3.05) is 13.1 Å². The van der Waals surface area contributed by atoms with Gasteiger partial charge in [-0.15, -0.1) is 0 Å². The van der Waals surface area contributed by atoms with E-state index >= 15 is 0 Å². The molecule has 0 unspecified atom stereocenters.